The lowest BCUT2D eigenvalue weighted by Gasteiger charge is -2.34. The van der Waals surface area contributed by atoms with Crippen LogP contribution in [0.2, 0.25) is 5.02 Å². The van der Waals surface area contributed by atoms with Crippen molar-refractivity contribution >= 4 is 51.7 Å². The SMILES string of the molecule is CC(=O)c1cn(CC(=O)N2C[C@H](F)C[C@@H]2C(=O)NC2CCCN(c3ccccc3Cl)C2=O)c2ccc(-c3ccnnc3)cc12. The maximum Gasteiger partial charge on any atom is 0.249 e. The van der Waals surface area contributed by atoms with Gasteiger partial charge in [-0.05, 0) is 55.7 Å². The number of amides is 3. The second-order valence-electron chi connectivity index (χ2n) is 11.1. The number of aromatic nitrogens is 3. The van der Waals surface area contributed by atoms with Crippen LogP contribution in [0, 0.1) is 0 Å². The molecular formula is C32H30ClFN6O4. The molecule has 2 aromatic carbocycles. The summed E-state index contributed by atoms with van der Waals surface area (Å²) in [7, 11) is 0. The molecule has 2 aromatic heterocycles. The molecule has 226 valence electrons. The normalized spacial score (nSPS) is 20.2. The molecule has 12 heteroatoms. The molecule has 4 heterocycles. The third kappa shape index (κ3) is 5.67. The molecule has 2 fully saturated rings. The standard InChI is InChI=1S/C32H30ClFN6O4/c1-19(41)24-17-38(27-9-8-20(13-23(24)27)21-10-11-35-36-15-21)18-30(42)40-16-22(34)14-29(40)31(43)37-26-6-4-12-39(32(26)44)28-7-3-2-5-25(28)33/h2-3,5,7-11,13,15,17,22,26,29H,4,6,12,14,16,18H2,1H3,(H,37,43)/t22-,26?,29-/m1/s1. The Morgan fingerprint density at radius 3 is 2.66 bits per heavy atom. The number of rotatable bonds is 7. The lowest BCUT2D eigenvalue weighted by molar-refractivity contribution is -0.139. The van der Waals surface area contributed by atoms with Crippen LogP contribution in [-0.2, 0) is 20.9 Å². The zero-order valence-corrected chi connectivity index (χ0v) is 24.7. The molecule has 10 nitrogen and oxygen atoms in total. The molecule has 3 amide bonds. The first-order valence-electron chi connectivity index (χ1n) is 14.4. The summed E-state index contributed by atoms with van der Waals surface area (Å²) in [5.74, 6) is -1.51. The molecule has 44 heavy (non-hydrogen) atoms. The fraction of sp³-hybridized carbons (Fsp3) is 0.312. The fourth-order valence-corrected chi connectivity index (χ4v) is 6.32. The van der Waals surface area contributed by atoms with Gasteiger partial charge in [0.1, 0.15) is 24.8 Å². The zero-order valence-electron chi connectivity index (χ0n) is 24.0. The summed E-state index contributed by atoms with van der Waals surface area (Å²) in [6.07, 6.45) is 4.32. The summed E-state index contributed by atoms with van der Waals surface area (Å²) in [5, 5.41) is 11.6. The Labute approximate surface area is 257 Å². The molecule has 0 radical (unpaired) electrons. The van der Waals surface area contributed by atoms with Crippen LogP contribution in [0.4, 0.5) is 10.1 Å². The number of nitrogens with zero attached hydrogens (tertiary/aromatic N) is 5. The van der Waals surface area contributed by atoms with Gasteiger partial charge < -0.3 is 19.7 Å². The third-order valence-corrected chi connectivity index (χ3v) is 8.57. The van der Waals surface area contributed by atoms with Crippen molar-refractivity contribution in [1.29, 1.82) is 0 Å². The number of benzene rings is 2. The number of fused-ring (bicyclic) bond motifs is 1. The molecule has 1 N–H and O–H groups in total. The van der Waals surface area contributed by atoms with E-state index in [1.54, 1.807) is 52.3 Å². The molecule has 0 saturated carbocycles. The van der Waals surface area contributed by atoms with E-state index in [-0.39, 0.29) is 31.2 Å². The van der Waals surface area contributed by atoms with Gasteiger partial charge in [-0.2, -0.15) is 10.2 Å². The largest absolute Gasteiger partial charge is 0.342 e. The van der Waals surface area contributed by atoms with Gasteiger partial charge in [0.05, 0.1) is 29.6 Å². The lowest BCUT2D eigenvalue weighted by atomic mass is 10.0. The van der Waals surface area contributed by atoms with Gasteiger partial charge in [0.2, 0.25) is 17.7 Å². The molecule has 3 atom stereocenters. The number of anilines is 1. The monoisotopic (exact) mass is 616 g/mol. The maximum atomic E-state index is 14.7. The van der Waals surface area contributed by atoms with Gasteiger partial charge >= 0.3 is 0 Å². The van der Waals surface area contributed by atoms with Crippen molar-refractivity contribution in [1.82, 2.24) is 25.0 Å². The second kappa shape index (κ2) is 12.2. The average Bonchev–Trinajstić information content (AvgIpc) is 3.59. The topological polar surface area (TPSA) is 118 Å². The molecular weight excluding hydrogens is 587 g/mol. The Morgan fingerprint density at radius 2 is 1.91 bits per heavy atom. The van der Waals surface area contributed by atoms with Crippen LogP contribution in [0.5, 0.6) is 0 Å². The molecule has 6 rings (SSSR count). The van der Waals surface area contributed by atoms with E-state index in [1.165, 1.54) is 11.8 Å². The van der Waals surface area contributed by atoms with Crippen molar-refractivity contribution in [2.45, 2.75) is 51.0 Å². The van der Waals surface area contributed by atoms with E-state index in [1.807, 2.05) is 24.3 Å². The molecule has 4 aromatic rings. The van der Waals surface area contributed by atoms with Gasteiger partial charge in [0, 0.05) is 41.2 Å². The molecule has 1 unspecified atom stereocenters. The highest BCUT2D eigenvalue weighted by atomic mass is 35.5. The highest BCUT2D eigenvalue weighted by Crippen LogP contribution is 2.31. The van der Waals surface area contributed by atoms with Crippen LogP contribution >= 0.6 is 11.6 Å². The minimum Gasteiger partial charge on any atom is -0.342 e. The smallest absolute Gasteiger partial charge is 0.249 e. The summed E-state index contributed by atoms with van der Waals surface area (Å²) < 4.78 is 16.4. The van der Waals surface area contributed by atoms with E-state index in [2.05, 4.69) is 15.5 Å². The molecule has 2 saturated heterocycles. The summed E-state index contributed by atoms with van der Waals surface area (Å²) >= 11 is 6.31. The number of halogens is 2. The van der Waals surface area contributed by atoms with Gasteiger partial charge in [-0.15, -0.1) is 0 Å². The van der Waals surface area contributed by atoms with Crippen LogP contribution in [0.25, 0.3) is 22.0 Å². The molecule has 0 aliphatic carbocycles. The minimum atomic E-state index is -1.39. The number of likely N-dealkylation sites (tertiary alicyclic amines) is 1. The Morgan fingerprint density at radius 1 is 1.09 bits per heavy atom. The van der Waals surface area contributed by atoms with Crippen LogP contribution < -0.4 is 10.2 Å². The Hall–Kier alpha value is -4.64. The van der Waals surface area contributed by atoms with Gasteiger partial charge in [-0.25, -0.2) is 4.39 Å². The first kappa shape index (κ1) is 29.4. The number of alkyl halides is 1. The van der Waals surface area contributed by atoms with E-state index in [0.717, 1.165) is 11.1 Å². The highest BCUT2D eigenvalue weighted by molar-refractivity contribution is 6.33. The number of hydrogen-bond acceptors (Lipinski definition) is 6. The minimum absolute atomic E-state index is 0.166. The van der Waals surface area contributed by atoms with Gasteiger partial charge in [-0.3, -0.25) is 19.2 Å². The number of carbonyl (C=O) groups is 4. The van der Waals surface area contributed by atoms with E-state index < -0.39 is 30.1 Å². The maximum absolute atomic E-state index is 14.7. The van der Waals surface area contributed by atoms with Gasteiger partial charge in [-0.1, -0.05) is 29.8 Å². The van der Waals surface area contributed by atoms with Crippen molar-refractivity contribution in [2.75, 3.05) is 18.0 Å². The summed E-state index contributed by atoms with van der Waals surface area (Å²) in [6, 6.07) is 12.5. The number of hydrogen-bond donors (Lipinski definition) is 1. The number of Topliss-reactive ketones (excluding diaryl/α,β-unsaturated/α-hetero) is 1. The first-order chi connectivity index (χ1) is 21.2. The van der Waals surface area contributed by atoms with Gasteiger partial charge in [0.25, 0.3) is 0 Å². The van der Waals surface area contributed by atoms with E-state index in [0.29, 0.717) is 46.6 Å². The average molecular weight is 617 g/mol. The zero-order chi connectivity index (χ0) is 31.0. The fourth-order valence-electron chi connectivity index (χ4n) is 6.08. The number of para-hydroxylation sites is 1. The summed E-state index contributed by atoms with van der Waals surface area (Å²) in [4.78, 5) is 55.6. The molecule has 2 aliphatic heterocycles. The second-order valence-corrected chi connectivity index (χ2v) is 11.5. The summed E-state index contributed by atoms with van der Waals surface area (Å²) in [6.45, 7) is 1.48. The Balaban J connectivity index is 1.20. The lowest BCUT2D eigenvalue weighted by Crippen LogP contribution is -2.56. The molecule has 0 bridgehead atoms. The van der Waals surface area contributed by atoms with Crippen molar-refractivity contribution in [2.24, 2.45) is 0 Å². The quantitative estimate of drug-likeness (QED) is 0.311. The van der Waals surface area contributed by atoms with E-state index in [9.17, 15) is 23.6 Å². The number of carbonyl (C=O) groups excluding carboxylic acids is 4. The van der Waals surface area contributed by atoms with Crippen LogP contribution in [0.1, 0.15) is 36.5 Å². The van der Waals surface area contributed by atoms with Crippen molar-refractivity contribution in [3.05, 3.63) is 77.7 Å². The van der Waals surface area contributed by atoms with E-state index in [4.69, 9.17) is 11.6 Å². The van der Waals surface area contributed by atoms with Crippen LogP contribution in [0.3, 0.4) is 0 Å². The first-order valence-corrected chi connectivity index (χ1v) is 14.8. The third-order valence-electron chi connectivity index (χ3n) is 8.25. The van der Waals surface area contributed by atoms with Crippen molar-refractivity contribution < 1.29 is 23.6 Å². The predicted octanol–water partition coefficient (Wildman–Crippen LogP) is 4.21. The Bertz CT molecular complexity index is 1760. The van der Waals surface area contributed by atoms with Crippen molar-refractivity contribution in [3.63, 3.8) is 0 Å². The molecule has 0 spiro atoms. The van der Waals surface area contributed by atoms with Gasteiger partial charge in [0.15, 0.2) is 5.78 Å². The summed E-state index contributed by atoms with van der Waals surface area (Å²) in [5.41, 5.74) is 3.31. The van der Waals surface area contributed by atoms with Crippen LogP contribution in [0.15, 0.2) is 67.1 Å². The Kier molecular flexibility index (Phi) is 8.13. The number of nitrogens with one attached hydrogen (secondary N) is 1. The van der Waals surface area contributed by atoms with E-state index >= 15 is 0 Å². The molecule has 2 aliphatic rings. The van der Waals surface area contributed by atoms with Crippen molar-refractivity contribution in [3.8, 4) is 11.1 Å². The highest BCUT2D eigenvalue weighted by Gasteiger charge is 2.42. The van der Waals surface area contributed by atoms with Crippen LogP contribution in [-0.4, -0.2) is 74.5 Å². The predicted molar refractivity (Wildman–Crippen MR) is 163 cm³/mol. The number of piperidine rings is 1. The number of ketones is 1.